The van der Waals surface area contributed by atoms with Crippen LogP contribution in [-0.4, -0.2) is 151 Å². The third kappa shape index (κ3) is 38.1. The van der Waals surface area contributed by atoms with Gasteiger partial charge >= 0.3 is 0 Å². The van der Waals surface area contributed by atoms with Crippen LogP contribution >= 0.6 is 0 Å². The summed E-state index contributed by atoms with van der Waals surface area (Å²) in [7, 11) is 4.95. The van der Waals surface area contributed by atoms with Gasteiger partial charge in [0.2, 0.25) is 0 Å². The fourth-order valence-electron chi connectivity index (χ4n) is 13.3. The maximum Gasteiger partial charge on any atom is 0.106 e. The van der Waals surface area contributed by atoms with E-state index in [4.69, 9.17) is 55.1 Å². The van der Waals surface area contributed by atoms with Gasteiger partial charge in [-0.2, -0.15) is 0 Å². The normalized spacial score (nSPS) is 12.0. The monoisotopic (exact) mass is 2440 g/mol. The molecule has 0 fully saturated rings. The predicted octanol–water partition coefficient (Wildman–Crippen LogP) is 20.2. The maximum atomic E-state index is 8.56. The first-order chi connectivity index (χ1) is 59.4. The van der Waals surface area contributed by atoms with Crippen LogP contribution in [0.15, 0.2) is 262 Å². The zero-order valence-corrected chi connectivity index (χ0v) is 85.1. The number of aliphatic hydroxyl groups is 8. The van der Waals surface area contributed by atoms with Crippen LogP contribution < -0.4 is 14.2 Å². The molecule has 684 valence electrons. The van der Waals surface area contributed by atoms with E-state index < -0.39 is 0 Å². The molecule has 0 aliphatic carbocycles. The van der Waals surface area contributed by atoms with Crippen molar-refractivity contribution in [1.29, 1.82) is 0 Å². The molecule has 0 aliphatic rings. The minimum absolute atomic E-state index is 0. The van der Waals surface area contributed by atoms with Gasteiger partial charge in [-0.1, -0.05) is 163 Å². The van der Waals surface area contributed by atoms with Crippen LogP contribution in [-0.2, 0) is 80.4 Å². The molecule has 14 rings (SSSR count). The van der Waals surface area contributed by atoms with Gasteiger partial charge in [-0.05, 0) is 202 Å². The molecular formula is C105H118Ir4N8O11-4. The summed E-state index contributed by atoms with van der Waals surface area (Å²) in [6, 6.07) is 92.0. The number of hydrogen-bond acceptors (Lipinski definition) is 19. The molecule has 4 heterocycles. The van der Waals surface area contributed by atoms with Crippen molar-refractivity contribution < 1.29 is 135 Å². The zero-order chi connectivity index (χ0) is 90.2. The van der Waals surface area contributed by atoms with Gasteiger partial charge in [0.1, 0.15) is 25.3 Å². The van der Waals surface area contributed by atoms with Crippen molar-refractivity contribution in [3.8, 4) is 130 Å². The Balaban J connectivity index is 0.000000398. The van der Waals surface area contributed by atoms with E-state index in [0.717, 1.165) is 107 Å². The number of rotatable bonds is 21. The van der Waals surface area contributed by atoms with Crippen LogP contribution in [0.2, 0.25) is 0 Å². The van der Waals surface area contributed by atoms with Crippen molar-refractivity contribution in [2.45, 2.75) is 171 Å². The summed E-state index contributed by atoms with van der Waals surface area (Å²) in [6.07, 6.45) is 5.32. The second-order valence-electron chi connectivity index (χ2n) is 30.4. The quantitative estimate of drug-likeness (QED) is 0.0310. The first-order valence-electron chi connectivity index (χ1n) is 41.3. The number of ether oxygens (including phenoxy) is 3. The van der Waals surface area contributed by atoms with Gasteiger partial charge in [0.15, 0.2) is 0 Å². The van der Waals surface area contributed by atoms with Crippen LogP contribution in [0.5, 0.6) is 17.2 Å². The van der Waals surface area contributed by atoms with Crippen molar-refractivity contribution in [2.24, 2.45) is 0 Å². The molecule has 4 aromatic heterocycles. The number of aryl methyl sites for hydroxylation is 6. The first kappa shape index (κ1) is 112. The summed E-state index contributed by atoms with van der Waals surface area (Å²) < 4.78 is 15.8. The van der Waals surface area contributed by atoms with E-state index in [0.29, 0.717) is 25.7 Å². The second kappa shape index (κ2) is 59.4. The van der Waals surface area contributed by atoms with E-state index in [9.17, 15) is 0 Å². The van der Waals surface area contributed by atoms with Crippen LogP contribution in [0.4, 0.5) is 0 Å². The number of benzene rings is 10. The third-order valence-electron chi connectivity index (χ3n) is 18.9. The topological polar surface area (TPSA) is 293 Å². The molecule has 0 bridgehead atoms. The molecule has 0 saturated carbocycles. The molecule has 0 saturated heterocycles. The number of methoxy groups -OCH3 is 3. The van der Waals surface area contributed by atoms with Crippen LogP contribution in [0.25, 0.3) is 112 Å². The molecule has 19 nitrogen and oxygen atoms in total. The molecule has 0 amide bonds. The number of nitrogens with zero attached hydrogens (tertiary/aromatic N) is 8. The van der Waals surface area contributed by atoms with Crippen LogP contribution in [0.3, 0.4) is 0 Å². The third-order valence-corrected chi connectivity index (χ3v) is 18.9. The Hall–Kier alpha value is -9.80. The Morgan fingerprint density at radius 1 is 0.258 bits per heavy atom. The van der Waals surface area contributed by atoms with Crippen LogP contribution in [0.1, 0.15) is 114 Å². The molecule has 8 atom stereocenters. The van der Waals surface area contributed by atoms with Gasteiger partial charge < -0.3 is 55.1 Å². The van der Waals surface area contributed by atoms with Gasteiger partial charge in [0.05, 0.1) is 92.9 Å². The minimum atomic E-state index is -0.375. The number of aromatic nitrogens is 8. The Bertz CT molecular complexity index is 5280. The molecule has 0 aliphatic heterocycles. The van der Waals surface area contributed by atoms with Crippen molar-refractivity contribution >= 4 is 0 Å². The van der Waals surface area contributed by atoms with Crippen molar-refractivity contribution in [2.75, 3.05) is 21.3 Å². The molecule has 14 aromatic rings. The predicted molar refractivity (Wildman–Crippen MR) is 498 cm³/mol. The van der Waals surface area contributed by atoms with Crippen molar-refractivity contribution in [1.82, 2.24) is 39.9 Å². The van der Waals surface area contributed by atoms with Gasteiger partial charge in [0.25, 0.3) is 0 Å². The van der Waals surface area contributed by atoms with Crippen molar-refractivity contribution in [3.05, 3.63) is 320 Å². The van der Waals surface area contributed by atoms with E-state index >= 15 is 0 Å². The molecule has 8 N–H and O–H groups in total. The summed E-state index contributed by atoms with van der Waals surface area (Å²) in [6.45, 7) is 25.9. The SMILES string of the molecule is CC(O)CC(C)O.CC(O)CC(C)O.CC(O)CC(C)O.CC(O)CC(C)O.COc1c[c-]c(-c2cc(-c3c(C)cccc3C)ncn2)cc1.COc1cc[c-]c(-c2cc(-c3c(C)cccc3C)ncn2)c1.COc1ccc[c-]c1-c1cc(-c2c(C)cccc2C)ncn1.[Ir].[Ir].[Ir].[Ir].[c-]1ccc(-c2ccccc2)cc1-c1cc(-c2cccc(-c3ccccc3)c2)ncn1. The van der Waals surface area contributed by atoms with E-state index in [1.54, 1.807) is 102 Å². The van der Waals surface area contributed by atoms with Crippen LogP contribution in [0, 0.1) is 65.8 Å². The molecule has 8 unspecified atom stereocenters. The number of hydrogen-bond donors (Lipinski definition) is 8. The Labute approximate surface area is 810 Å². The summed E-state index contributed by atoms with van der Waals surface area (Å²) in [4.78, 5) is 35.5. The van der Waals surface area contributed by atoms with Gasteiger partial charge in [0, 0.05) is 120 Å². The summed E-state index contributed by atoms with van der Waals surface area (Å²) in [5.41, 5.74) is 27.2. The standard InChI is InChI=1S/C28H19N2.3C19H17N2O.4C5H12O2.4Ir/c1-3-9-21(10-4-1)23-13-7-15-25(17-23)27-19-28(30-20-29-27)26-16-8-14-24(18-26)22-11-5-2-6-12-22;1-13-6-4-7-14(2)19(13)18-11-17(20-12-21-18)15-8-5-9-16(10-15)22-3;1-13-7-6-8-14(2)19(13)17-11-16(20-12-21-17)15-9-4-5-10-18(15)22-3;1-13-5-4-6-14(2)19(13)18-11-17(20-12-21-18)15-7-9-16(22-3)10-8-15;4*1-4(6)3-5(2)7;;;;/h1-15,17-20H;4-7,9-12H,1-3H3;4-8,10-12H,1-3H3;4-7,9-12H,1-3H3;4*4-7H,3H2,1-2H3;;;;/q4*-1;;;;;;;;. The average Bonchev–Trinajstić information content (AvgIpc) is 0.810. The first-order valence-corrected chi connectivity index (χ1v) is 41.3. The molecule has 23 heteroatoms. The Morgan fingerprint density at radius 3 is 0.961 bits per heavy atom. The summed E-state index contributed by atoms with van der Waals surface area (Å²) in [5.74, 6) is 2.34. The Kier molecular flexibility index (Phi) is 52.2. The van der Waals surface area contributed by atoms with E-state index in [2.05, 4.69) is 233 Å². The van der Waals surface area contributed by atoms with E-state index in [1.165, 1.54) is 55.6 Å². The van der Waals surface area contributed by atoms with E-state index in [1.807, 2.05) is 109 Å². The molecular weight excluding hydrogens is 2320 g/mol. The average molecular weight is 2440 g/mol. The molecule has 4 radical (unpaired) electrons. The largest absolute Gasteiger partial charge is 0.540 e. The van der Waals surface area contributed by atoms with E-state index in [-0.39, 0.29) is 129 Å². The summed E-state index contributed by atoms with van der Waals surface area (Å²) >= 11 is 0. The second-order valence-corrected chi connectivity index (χ2v) is 30.4. The zero-order valence-electron chi connectivity index (χ0n) is 75.5. The molecule has 128 heavy (non-hydrogen) atoms. The fraction of sp³-hybridized carbons (Fsp3) is 0.276. The molecule has 0 spiro atoms. The van der Waals surface area contributed by atoms with Crippen molar-refractivity contribution in [3.63, 3.8) is 0 Å². The fourth-order valence-corrected chi connectivity index (χ4v) is 13.3. The van der Waals surface area contributed by atoms with Gasteiger partial charge in [-0.15, -0.1) is 119 Å². The number of aliphatic hydroxyl groups excluding tert-OH is 8. The van der Waals surface area contributed by atoms with Gasteiger partial charge in [-0.3, -0.25) is 19.9 Å². The minimum Gasteiger partial charge on any atom is -0.540 e. The Morgan fingerprint density at radius 2 is 0.586 bits per heavy atom. The van der Waals surface area contributed by atoms with Gasteiger partial charge in [-0.25, -0.2) is 19.9 Å². The smallest absolute Gasteiger partial charge is 0.106 e. The summed E-state index contributed by atoms with van der Waals surface area (Å²) in [5, 5.41) is 68.5. The maximum absolute atomic E-state index is 8.56. The molecule has 10 aromatic carbocycles.